The molecule has 2 atom stereocenters. The van der Waals surface area contributed by atoms with Crippen molar-refractivity contribution in [1.82, 2.24) is 10.3 Å². The Morgan fingerprint density at radius 1 is 1.10 bits per heavy atom. The Kier molecular flexibility index (Phi) is 8.22. The predicted octanol–water partition coefficient (Wildman–Crippen LogP) is 4.17. The largest absolute Gasteiger partial charge is 0.593 e. The number of fused-ring (bicyclic) bond motifs is 1. The fourth-order valence-corrected chi connectivity index (χ4v) is 4.40. The molecule has 3 aromatic carbocycles. The number of aromatic nitrogens is 1. The van der Waals surface area contributed by atoms with Crippen LogP contribution < -0.4 is 15.2 Å². The summed E-state index contributed by atoms with van der Waals surface area (Å²) in [6.07, 6.45) is -3.06. The van der Waals surface area contributed by atoms with Gasteiger partial charge in [0.25, 0.3) is 5.91 Å². The number of H-pyrrole nitrogens is 1. The fraction of sp³-hybridized carbons (Fsp3) is 0.179. The van der Waals surface area contributed by atoms with Crippen LogP contribution in [0.3, 0.4) is 0 Å². The molecule has 0 saturated heterocycles. The molecule has 202 valence electrons. The van der Waals surface area contributed by atoms with Crippen LogP contribution in [0.2, 0.25) is 0 Å². The van der Waals surface area contributed by atoms with E-state index in [0.29, 0.717) is 10.5 Å². The highest BCUT2D eigenvalue weighted by molar-refractivity contribution is 7.89. The molecule has 4 rings (SSSR count). The number of carbonyl (C=O) groups excluding carboxylic acids is 1. The summed E-state index contributed by atoms with van der Waals surface area (Å²) in [5.41, 5.74) is 0.882. The predicted molar refractivity (Wildman–Crippen MR) is 141 cm³/mol. The number of nitrogens with one attached hydrogen (secondary N) is 2. The van der Waals surface area contributed by atoms with Crippen molar-refractivity contribution in [3.8, 4) is 17.6 Å². The van der Waals surface area contributed by atoms with Gasteiger partial charge in [0.1, 0.15) is 5.75 Å². The van der Waals surface area contributed by atoms with E-state index in [2.05, 4.69) is 26.9 Å². The van der Waals surface area contributed by atoms with Crippen LogP contribution in [0, 0.1) is 11.8 Å². The highest BCUT2D eigenvalue weighted by atomic mass is 32.2. The molecular formula is C28H24F3N3O4S. The van der Waals surface area contributed by atoms with E-state index in [1.807, 2.05) is 24.3 Å². The van der Waals surface area contributed by atoms with Gasteiger partial charge in [-0.05, 0) is 67.4 Å². The first-order chi connectivity index (χ1) is 18.5. The maximum Gasteiger partial charge on any atom is 0.573 e. The number of hydrogen-bond donors (Lipinski definition) is 4. The van der Waals surface area contributed by atoms with Crippen LogP contribution in [0.15, 0.2) is 77.8 Å². The lowest BCUT2D eigenvalue weighted by Crippen LogP contribution is -2.50. The molecule has 0 saturated carbocycles. The molecule has 0 radical (unpaired) electrons. The molecule has 0 aliphatic carbocycles. The maximum absolute atomic E-state index is 13.3. The lowest BCUT2D eigenvalue weighted by Gasteiger charge is -2.29. The van der Waals surface area contributed by atoms with Crippen LogP contribution >= 0.6 is 0 Å². The molecule has 1 unspecified atom stereocenters. The topological polar surface area (TPSA) is 123 Å². The number of nitrogens with two attached hydrogens (primary N) is 1. The first kappa shape index (κ1) is 28.1. The molecule has 0 aliphatic rings. The number of halogens is 3. The summed E-state index contributed by atoms with van der Waals surface area (Å²) in [5.74, 6) is 4.07. The smallest absolute Gasteiger partial charge is 0.573 e. The molecule has 4 aromatic rings. The van der Waals surface area contributed by atoms with E-state index in [1.165, 1.54) is 12.1 Å². The van der Waals surface area contributed by atoms with E-state index >= 15 is 0 Å². The lowest BCUT2D eigenvalue weighted by atomic mass is 9.92. The minimum Gasteiger partial charge on any atom is -0.593 e. The van der Waals surface area contributed by atoms with Crippen LogP contribution in [-0.2, 0) is 17.8 Å². The Hall–Kier alpha value is -3.95. The molecular weight excluding hydrogens is 531 g/mol. The number of rotatable bonds is 7. The van der Waals surface area contributed by atoms with Crippen molar-refractivity contribution in [1.29, 1.82) is 0 Å². The van der Waals surface area contributed by atoms with Gasteiger partial charge in [0.15, 0.2) is 4.90 Å². The van der Waals surface area contributed by atoms with Crippen LogP contribution in [-0.4, -0.2) is 39.1 Å². The van der Waals surface area contributed by atoms with Crippen molar-refractivity contribution >= 4 is 28.2 Å². The van der Waals surface area contributed by atoms with Gasteiger partial charge in [0.05, 0.1) is 29.1 Å². The zero-order chi connectivity index (χ0) is 28.2. The summed E-state index contributed by atoms with van der Waals surface area (Å²) < 4.78 is 54.7. The summed E-state index contributed by atoms with van der Waals surface area (Å²) in [6, 6.07) is 17.3. The second-order valence-corrected chi connectivity index (χ2v) is 10.1. The molecule has 0 bridgehead atoms. The quantitative estimate of drug-likeness (QED) is 0.201. The van der Waals surface area contributed by atoms with E-state index in [4.69, 9.17) is 5.14 Å². The van der Waals surface area contributed by atoms with Crippen molar-refractivity contribution in [2.75, 3.05) is 6.61 Å². The standard InChI is InChI=1S/C28H24F3N3O4S/c1-27(17-35,15-20-16-33-24-5-3-2-4-22(20)24)34-26(36)23-14-19(10-13-25(23)38-28(29,30)31)7-6-18-8-11-21(12-9-18)39(32)37/h2-5,8-14,16,33,35H,15,17,32H2,1H3,(H,34,36)/t27-,39?/m1/s1. The van der Waals surface area contributed by atoms with Crippen LogP contribution in [0.25, 0.3) is 10.9 Å². The molecule has 5 N–H and O–H groups in total. The van der Waals surface area contributed by atoms with Crippen LogP contribution in [0.1, 0.15) is 34.0 Å². The summed E-state index contributed by atoms with van der Waals surface area (Å²) in [4.78, 5) is 16.8. The summed E-state index contributed by atoms with van der Waals surface area (Å²) in [5, 5.41) is 19.0. The van der Waals surface area contributed by atoms with Crippen molar-refractivity contribution in [2.24, 2.45) is 5.14 Å². The Bertz CT molecular complexity index is 1540. The lowest BCUT2D eigenvalue weighted by molar-refractivity contribution is -0.274. The monoisotopic (exact) mass is 555 g/mol. The minimum absolute atomic E-state index is 0.206. The fourth-order valence-electron chi connectivity index (χ4n) is 3.99. The van der Waals surface area contributed by atoms with E-state index in [1.54, 1.807) is 37.4 Å². The van der Waals surface area contributed by atoms with Crippen molar-refractivity contribution in [3.63, 3.8) is 0 Å². The average molecular weight is 556 g/mol. The minimum atomic E-state index is -5.03. The Labute approximate surface area is 225 Å². The molecule has 1 aromatic heterocycles. The number of alkyl halides is 3. The number of benzene rings is 3. The highest BCUT2D eigenvalue weighted by Crippen LogP contribution is 2.29. The molecule has 7 nitrogen and oxygen atoms in total. The summed E-state index contributed by atoms with van der Waals surface area (Å²) in [7, 11) is 0. The van der Waals surface area contributed by atoms with E-state index in [0.717, 1.165) is 22.5 Å². The van der Waals surface area contributed by atoms with Gasteiger partial charge in [0.2, 0.25) is 0 Å². The number of aliphatic hydroxyl groups is 1. The number of carbonyl (C=O) groups is 1. The van der Waals surface area contributed by atoms with E-state index in [9.17, 15) is 27.6 Å². The molecule has 0 fully saturated rings. The third-order valence-corrected chi connectivity index (χ3v) is 6.64. The number of amides is 1. The Morgan fingerprint density at radius 3 is 2.44 bits per heavy atom. The van der Waals surface area contributed by atoms with Crippen LogP contribution in [0.4, 0.5) is 13.2 Å². The third kappa shape index (κ3) is 7.13. The number of aliphatic hydroxyl groups excluding tert-OH is 1. The second-order valence-electron chi connectivity index (χ2n) is 9.04. The average Bonchev–Trinajstić information content (AvgIpc) is 3.29. The molecule has 39 heavy (non-hydrogen) atoms. The van der Waals surface area contributed by atoms with Gasteiger partial charge in [-0.15, -0.1) is 18.3 Å². The zero-order valence-corrected chi connectivity index (χ0v) is 21.5. The highest BCUT2D eigenvalue weighted by Gasteiger charge is 2.34. The number of aromatic amines is 1. The molecule has 0 spiro atoms. The summed E-state index contributed by atoms with van der Waals surface area (Å²) >= 11 is -1.64. The number of hydrogen-bond acceptors (Lipinski definition) is 5. The Morgan fingerprint density at radius 2 is 1.77 bits per heavy atom. The van der Waals surface area contributed by atoms with Crippen LogP contribution in [0.5, 0.6) is 5.75 Å². The van der Waals surface area contributed by atoms with Crippen molar-refractivity contribution in [3.05, 3.63) is 95.2 Å². The zero-order valence-electron chi connectivity index (χ0n) is 20.6. The first-order valence-electron chi connectivity index (χ1n) is 11.6. The van der Waals surface area contributed by atoms with Crippen molar-refractivity contribution in [2.45, 2.75) is 30.1 Å². The van der Waals surface area contributed by atoms with E-state index < -0.39 is 47.1 Å². The van der Waals surface area contributed by atoms with Gasteiger partial charge >= 0.3 is 6.36 Å². The SMILES string of the molecule is C[C@](CO)(Cc1c[nH]c2ccccc12)NC(=O)c1cc(C#Cc2ccc([S+](N)[O-])cc2)ccc1OC(F)(F)F. The first-order valence-corrected chi connectivity index (χ1v) is 12.8. The van der Waals surface area contributed by atoms with Gasteiger partial charge in [-0.1, -0.05) is 30.0 Å². The van der Waals surface area contributed by atoms with Gasteiger partial charge in [-0.25, -0.2) is 0 Å². The van der Waals surface area contributed by atoms with E-state index in [-0.39, 0.29) is 12.0 Å². The molecule has 1 heterocycles. The number of ether oxygens (including phenoxy) is 1. The van der Waals surface area contributed by atoms with Gasteiger partial charge < -0.3 is 24.7 Å². The maximum atomic E-state index is 13.3. The second kappa shape index (κ2) is 11.4. The van der Waals surface area contributed by atoms with Gasteiger partial charge in [-0.3, -0.25) is 4.79 Å². The van der Waals surface area contributed by atoms with Gasteiger partial charge in [0, 0.05) is 28.2 Å². The molecule has 1 amide bonds. The molecule has 11 heteroatoms. The summed E-state index contributed by atoms with van der Waals surface area (Å²) in [6.45, 7) is 1.12. The third-order valence-electron chi connectivity index (χ3n) is 5.91. The number of para-hydroxylation sites is 1. The normalized spacial score (nSPS) is 13.7. The van der Waals surface area contributed by atoms with Crippen molar-refractivity contribution < 1.29 is 32.4 Å². The molecule has 0 aliphatic heterocycles. The van der Waals surface area contributed by atoms with Gasteiger partial charge in [-0.2, -0.15) is 0 Å². The Balaban J connectivity index is 1.62.